The van der Waals surface area contributed by atoms with Crippen LogP contribution in [0.25, 0.3) is 110 Å². The molecule has 1 aliphatic rings. The zero-order valence-corrected chi connectivity index (χ0v) is 30.4. The summed E-state index contributed by atoms with van der Waals surface area (Å²) in [4.78, 5) is 5.26. The van der Waals surface area contributed by atoms with Gasteiger partial charge in [0.15, 0.2) is 0 Å². The fourth-order valence-electron chi connectivity index (χ4n) is 8.80. The first-order valence-electron chi connectivity index (χ1n) is 19.0. The molecule has 11 rings (SSSR count). The van der Waals surface area contributed by atoms with Gasteiger partial charge in [-0.2, -0.15) is 5.26 Å². The van der Waals surface area contributed by atoms with Crippen LogP contribution in [0.3, 0.4) is 0 Å². The second-order valence-corrected chi connectivity index (χ2v) is 14.6. The molecule has 0 spiro atoms. The summed E-state index contributed by atoms with van der Waals surface area (Å²) in [7, 11) is 0. The number of aromatic nitrogens is 1. The Morgan fingerprint density at radius 3 is 1.57 bits per heavy atom. The molecular formula is C54H32N2. The zero-order valence-electron chi connectivity index (χ0n) is 30.4. The van der Waals surface area contributed by atoms with E-state index in [1.807, 2.05) is 18.2 Å². The second-order valence-electron chi connectivity index (χ2n) is 14.6. The van der Waals surface area contributed by atoms with Gasteiger partial charge in [-0.1, -0.05) is 164 Å². The van der Waals surface area contributed by atoms with Gasteiger partial charge >= 0.3 is 0 Å². The monoisotopic (exact) mass is 708 g/mol. The van der Waals surface area contributed by atoms with E-state index in [0.717, 1.165) is 44.8 Å². The molecule has 1 aliphatic carbocycles. The van der Waals surface area contributed by atoms with Crippen molar-refractivity contribution in [2.24, 2.45) is 0 Å². The number of nitriles is 1. The van der Waals surface area contributed by atoms with E-state index in [9.17, 15) is 5.26 Å². The summed E-state index contributed by atoms with van der Waals surface area (Å²) < 4.78 is 0. The molecule has 0 atom stereocenters. The Labute approximate surface area is 325 Å². The van der Waals surface area contributed by atoms with Gasteiger partial charge < -0.3 is 0 Å². The lowest BCUT2D eigenvalue weighted by Crippen LogP contribution is -1.92. The standard InChI is InChI=1S/C54H32N2/c55-33-34-18-20-36(21-19-34)41-26-27-48-42-14-7-8-15-43(42)49-29-28-47(53(41)54(48)49)44-16-9-17-45-46(44)25-24-37-22-23-39(30-50(37)45)52-32-40(35-10-3-1-4-11-35)31-51(56-52)38-12-5-2-6-13-38/h1-32H. The predicted octanol–water partition coefficient (Wildman–Crippen LogP) is 14.4. The van der Waals surface area contributed by atoms with E-state index in [1.165, 1.54) is 65.7 Å². The molecular weight excluding hydrogens is 677 g/mol. The van der Waals surface area contributed by atoms with Crippen LogP contribution in [0.2, 0.25) is 0 Å². The molecule has 1 heterocycles. The van der Waals surface area contributed by atoms with Crippen molar-refractivity contribution in [3.8, 4) is 84.2 Å². The van der Waals surface area contributed by atoms with E-state index in [2.05, 4.69) is 182 Å². The van der Waals surface area contributed by atoms with Crippen LogP contribution in [0.5, 0.6) is 0 Å². The molecule has 0 saturated heterocycles. The van der Waals surface area contributed by atoms with E-state index in [4.69, 9.17) is 4.98 Å². The highest BCUT2D eigenvalue weighted by Gasteiger charge is 2.25. The quantitative estimate of drug-likeness (QED) is 0.167. The SMILES string of the molecule is N#Cc1ccc(-c2ccc3c4c(ccc(-c5cccc6c5ccc5ccc(-c7cc(-c8ccccc8)cc(-c8ccccc8)n7)cc56)c24)-c2ccccc2-3)cc1. The normalized spacial score (nSPS) is 11.6. The smallest absolute Gasteiger partial charge is 0.0991 e. The largest absolute Gasteiger partial charge is 0.248 e. The maximum Gasteiger partial charge on any atom is 0.0991 e. The van der Waals surface area contributed by atoms with Crippen molar-refractivity contribution >= 4 is 32.3 Å². The molecule has 0 bridgehead atoms. The van der Waals surface area contributed by atoms with Crippen LogP contribution in [0.1, 0.15) is 5.56 Å². The molecule has 1 aromatic heterocycles. The third-order valence-electron chi connectivity index (χ3n) is 11.5. The average molecular weight is 709 g/mol. The van der Waals surface area contributed by atoms with Crippen molar-refractivity contribution in [2.45, 2.75) is 0 Å². The Hall–Kier alpha value is -7.60. The van der Waals surface area contributed by atoms with Gasteiger partial charge in [0.2, 0.25) is 0 Å². The second kappa shape index (κ2) is 12.8. The highest BCUT2D eigenvalue weighted by Crippen LogP contribution is 2.52. The third-order valence-corrected chi connectivity index (χ3v) is 11.5. The number of nitrogens with zero attached hydrogens (tertiary/aromatic N) is 2. The minimum atomic E-state index is 0.658. The highest BCUT2D eigenvalue weighted by molar-refractivity contribution is 6.24. The summed E-state index contributed by atoms with van der Waals surface area (Å²) in [6, 6.07) is 71.6. The molecule has 56 heavy (non-hydrogen) atoms. The molecule has 10 aromatic rings. The molecule has 2 heteroatoms. The van der Waals surface area contributed by atoms with E-state index >= 15 is 0 Å². The summed E-state index contributed by atoms with van der Waals surface area (Å²) in [6.07, 6.45) is 0. The van der Waals surface area contributed by atoms with Crippen LogP contribution in [0.4, 0.5) is 0 Å². The molecule has 0 amide bonds. The summed E-state index contributed by atoms with van der Waals surface area (Å²) in [5, 5.41) is 16.9. The molecule has 258 valence electrons. The molecule has 0 aliphatic heterocycles. The van der Waals surface area contributed by atoms with Gasteiger partial charge in [-0.05, 0) is 118 Å². The number of rotatable bonds is 5. The van der Waals surface area contributed by atoms with E-state index in [0.29, 0.717) is 5.56 Å². The lowest BCUT2D eigenvalue weighted by atomic mass is 9.86. The minimum absolute atomic E-state index is 0.658. The van der Waals surface area contributed by atoms with Crippen LogP contribution < -0.4 is 0 Å². The Balaban J connectivity index is 1.13. The fourth-order valence-corrected chi connectivity index (χ4v) is 8.80. The van der Waals surface area contributed by atoms with Gasteiger partial charge in [-0.15, -0.1) is 0 Å². The van der Waals surface area contributed by atoms with E-state index in [-0.39, 0.29) is 0 Å². The summed E-state index contributed by atoms with van der Waals surface area (Å²) in [5.74, 6) is 0. The number of pyridine rings is 1. The topological polar surface area (TPSA) is 36.7 Å². The van der Waals surface area contributed by atoms with Gasteiger partial charge in [0, 0.05) is 11.1 Å². The summed E-state index contributed by atoms with van der Waals surface area (Å²) >= 11 is 0. The van der Waals surface area contributed by atoms with Gasteiger partial charge in [-0.25, -0.2) is 4.98 Å². The molecule has 0 unspecified atom stereocenters. The van der Waals surface area contributed by atoms with Gasteiger partial charge in [-0.3, -0.25) is 0 Å². The van der Waals surface area contributed by atoms with Crippen LogP contribution in [0, 0.1) is 11.3 Å². The van der Waals surface area contributed by atoms with E-state index < -0.39 is 0 Å². The van der Waals surface area contributed by atoms with Crippen molar-refractivity contribution in [2.75, 3.05) is 0 Å². The average Bonchev–Trinajstić information content (AvgIpc) is 3.61. The Kier molecular flexibility index (Phi) is 7.27. The first kappa shape index (κ1) is 31.9. The van der Waals surface area contributed by atoms with Crippen molar-refractivity contribution < 1.29 is 0 Å². The number of hydrogen-bond donors (Lipinski definition) is 0. The Bertz CT molecular complexity index is 3140. The van der Waals surface area contributed by atoms with Gasteiger partial charge in [0.05, 0.1) is 23.0 Å². The molecule has 0 fully saturated rings. The first-order chi connectivity index (χ1) is 27.7. The van der Waals surface area contributed by atoms with Crippen LogP contribution in [-0.2, 0) is 0 Å². The molecule has 9 aromatic carbocycles. The third kappa shape index (κ3) is 5.07. The van der Waals surface area contributed by atoms with Gasteiger partial charge in [0.25, 0.3) is 0 Å². The van der Waals surface area contributed by atoms with Gasteiger partial charge in [0.1, 0.15) is 0 Å². The minimum Gasteiger partial charge on any atom is -0.248 e. The maximum atomic E-state index is 9.57. The van der Waals surface area contributed by atoms with E-state index in [1.54, 1.807) is 0 Å². The molecule has 0 saturated carbocycles. The lowest BCUT2D eigenvalue weighted by molar-refractivity contribution is 1.32. The number of benzene rings is 9. The van der Waals surface area contributed by atoms with Crippen molar-refractivity contribution in [3.63, 3.8) is 0 Å². The van der Waals surface area contributed by atoms with Crippen LogP contribution >= 0.6 is 0 Å². The van der Waals surface area contributed by atoms with Crippen molar-refractivity contribution in [1.29, 1.82) is 5.26 Å². The predicted molar refractivity (Wildman–Crippen MR) is 233 cm³/mol. The zero-order chi connectivity index (χ0) is 37.2. The molecule has 0 N–H and O–H groups in total. The Morgan fingerprint density at radius 2 is 0.875 bits per heavy atom. The van der Waals surface area contributed by atoms with Crippen molar-refractivity contribution in [3.05, 3.63) is 200 Å². The first-order valence-corrected chi connectivity index (χ1v) is 19.0. The molecule has 0 radical (unpaired) electrons. The van der Waals surface area contributed by atoms with Crippen molar-refractivity contribution in [1.82, 2.24) is 4.98 Å². The summed E-state index contributed by atoms with van der Waals surface area (Å²) in [5.41, 5.74) is 16.8. The molecule has 2 nitrogen and oxygen atoms in total. The number of hydrogen-bond acceptors (Lipinski definition) is 2. The van der Waals surface area contributed by atoms with Crippen LogP contribution in [-0.4, -0.2) is 4.98 Å². The fraction of sp³-hybridized carbons (Fsp3) is 0. The lowest BCUT2D eigenvalue weighted by Gasteiger charge is -2.17. The van der Waals surface area contributed by atoms with Crippen LogP contribution in [0.15, 0.2) is 194 Å². The number of fused-ring (bicyclic) bond motifs is 6. The Morgan fingerprint density at radius 1 is 0.321 bits per heavy atom. The maximum absolute atomic E-state index is 9.57. The highest BCUT2D eigenvalue weighted by atomic mass is 14.7. The summed E-state index contributed by atoms with van der Waals surface area (Å²) in [6.45, 7) is 0.